The Morgan fingerprint density at radius 3 is 1.90 bits per heavy atom. The summed E-state index contributed by atoms with van der Waals surface area (Å²) < 4.78 is 0. The second kappa shape index (κ2) is 6.13. The average Bonchev–Trinajstić information content (AvgIpc) is 3.33. The third-order valence-corrected chi connectivity index (χ3v) is 4.12. The van der Waals surface area contributed by atoms with Gasteiger partial charge in [0.2, 0.25) is 5.91 Å². The fourth-order valence-corrected chi connectivity index (χ4v) is 2.77. The van der Waals surface area contributed by atoms with Crippen LogP contribution >= 0.6 is 0 Å². The zero-order chi connectivity index (χ0) is 14.7. The molecule has 0 aromatic heterocycles. The minimum Gasteiger partial charge on any atom is -0.345 e. The van der Waals surface area contributed by atoms with Gasteiger partial charge in [-0.15, -0.1) is 0 Å². The summed E-state index contributed by atoms with van der Waals surface area (Å²) in [5.41, 5.74) is 2.13. The molecule has 1 fully saturated rings. The van der Waals surface area contributed by atoms with E-state index in [0.717, 1.165) is 17.7 Å². The molecule has 2 aromatic carbocycles. The van der Waals surface area contributed by atoms with Gasteiger partial charge in [0.25, 0.3) is 0 Å². The lowest BCUT2D eigenvalue weighted by molar-refractivity contribution is -0.130. The maximum Gasteiger partial charge on any atom is 0.234 e. The molecule has 1 aliphatic carbocycles. The van der Waals surface area contributed by atoms with Crippen molar-refractivity contribution in [3.05, 3.63) is 71.8 Å². The van der Waals surface area contributed by atoms with Gasteiger partial charge in [0.05, 0.1) is 5.92 Å². The van der Waals surface area contributed by atoms with Crippen molar-refractivity contribution in [2.24, 2.45) is 5.92 Å². The number of hydrogen-bond donors (Lipinski definition) is 0. The van der Waals surface area contributed by atoms with Gasteiger partial charge in [-0.1, -0.05) is 60.7 Å². The lowest BCUT2D eigenvalue weighted by atomic mass is 9.90. The molecule has 1 saturated carbocycles. The Hall–Kier alpha value is -2.09. The van der Waals surface area contributed by atoms with Crippen LogP contribution in [-0.4, -0.2) is 24.4 Å². The molecule has 3 rings (SSSR count). The third kappa shape index (κ3) is 3.33. The van der Waals surface area contributed by atoms with Crippen LogP contribution in [0.15, 0.2) is 60.7 Å². The van der Waals surface area contributed by atoms with Crippen LogP contribution in [0.3, 0.4) is 0 Å². The standard InChI is InChI=1S/C19H21NO/c1-20(14-15-12-13-15)19(21)18(16-8-4-2-5-9-16)17-10-6-3-7-11-17/h2-11,15,18H,12-14H2,1H3. The van der Waals surface area contributed by atoms with E-state index in [1.807, 2.05) is 72.6 Å². The predicted octanol–water partition coefficient (Wildman–Crippen LogP) is 3.69. The molecule has 1 aliphatic rings. The molecule has 0 aliphatic heterocycles. The van der Waals surface area contributed by atoms with E-state index in [1.54, 1.807) is 0 Å². The number of carbonyl (C=O) groups is 1. The number of benzene rings is 2. The average molecular weight is 279 g/mol. The molecule has 0 spiro atoms. The Bertz CT molecular complexity index is 550. The van der Waals surface area contributed by atoms with Gasteiger partial charge >= 0.3 is 0 Å². The van der Waals surface area contributed by atoms with Gasteiger partial charge in [-0.3, -0.25) is 4.79 Å². The lowest BCUT2D eigenvalue weighted by Crippen LogP contribution is -2.33. The number of likely N-dealkylation sites (N-methyl/N-ethyl adjacent to an activating group) is 1. The molecule has 0 bridgehead atoms. The highest BCUT2D eigenvalue weighted by atomic mass is 16.2. The summed E-state index contributed by atoms with van der Waals surface area (Å²) in [6.07, 6.45) is 2.53. The van der Waals surface area contributed by atoms with Crippen LogP contribution in [0.2, 0.25) is 0 Å². The first kappa shape index (κ1) is 13.9. The van der Waals surface area contributed by atoms with Gasteiger partial charge in [0.15, 0.2) is 0 Å². The molecule has 21 heavy (non-hydrogen) atoms. The van der Waals surface area contributed by atoms with Crippen molar-refractivity contribution in [2.75, 3.05) is 13.6 Å². The molecule has 2 nitrogen and oxygen atoms in total. The van der Waals surface area contributed by atoms with E-state index in [-0.39, 0.29) is 11.8 Å². The molecule has 2 aromatic rings. The minimum atomic E-state index is -0.198. The number of nitrogens with zero attached hydrogens (tertiary/aromatic N) is 1. The lowest BCUT2D eigenvalue weighted by Gasteiger charge is -2.24. The SMILES string of the molecule is CN(CC1CC1)C(=O)C(c1ccccc1)c1ccccc1. The van der Waals surface area contributed by atoms with E-state index in [2.05, 4.69) is 0 Å². The molecule has 0 unspecified atom stereocenters. The fraction of sp³-hybridized carbons (Fsp3) is 0.316. The molecule has 1 amide bonds. The first-order chi connectivity index (χ1) is 10.3. The Labute approximate surface area is 126 Å². The Morgan fingerprint density at radius 2 is 1.48 bits per heavy atom. The normalized spacial score (nSPS) is 14.2. The molecule has 0 saturated heterocycles. The van der Waals surface area contributed by atoms with Gasteiger partial charge < -0.3 is 4.90 Å². The van der Waals surface area contributed by atoms with Crippen molar-refractivity contribution >= 4 is 5.91 Å². The molecular weight excluding hydrogens is 258 g/mol. The number of rotatable bonds is 5. The first-order valence-corrected chi connectivity index (χ1v) is 7.60. The van der Waals surface area contributed by atoms with E-state index >= 15 is 0 Å². The number of carbonyl (C=O) groups excluding carboxylic acids is 1. The number of amides is 1. The Kier molecular flexibility index (Phi) is 4.05. The Balaban J connectivity index is 1.90. The van der Waals surface area contributed by atoms with Gasteiger partial charge in [-0.05, 0) is 29.9 Å². The molecule has 108 valence electrons. The van der Waals surface area contributed by atoms with Gasteiger partial charge in [0, 0.05) is 13.6 Å². The zero-order valence-corrected chi connectivity index (χ0v) is 12.4. The van der Waals surface area contributed by atoms with Crippen molar-refractivity contribution in [3.63, 3.8) is 0 Å². The van der Waals surface area contributed by atoms with E-state index in [4.69, 9.17) is 0 Å². The van der Waals surface area contributed by atoms with Gasteiger partial charge in [-0.25, -0.2) is 0 Å². The van der Waals surface area contributed by atoms with Crippen LogP contribution < -0.4 is 0 Å². The summed E-state index contributed by atoms with van der Waals surface area (Å²) in [6, 6.07) is 20.1. The molecule has 0 atom stereocenters. The molecular formula is C19H21NO. The van der Waals surface area contributed by atoms with E-state index < -0.39 is 0 Å². The van der Waals surface area contributed by atoms with Crippen molar-refractivity contribution in [3.8, 4) is 0 Å². The highest BCUT2D eigenvalue weighted by Crippen LogP contribution is 2.32. The maximum absolute atomic E-state index is 12.9. The summed E-state index contributed by atoms with van der Waals surface area (Å²) in [4.78, 5) is 14.8. The van der Waals surface area contributed by atoms with Crippen LogP contribution in [0.25, 0.3) is 0 Å². The second-order valence-corrected chi connectivity index (χ2v) is 5.92. The van der Waals surface area contributed by atoms with E-state index in [9.17, 15) is 4.79 Å². The van der Waals surface area contributed by atoms with Crippen molar-refractivity contribution in [1.29, 1.82) is 0 Å². The molecule has 0 N–H and O–H groups in total. The zero-order valence-electron chi connectivity index (χ0n) is 12.4. The predicted molar refractivity (Wildman–Crippen MR) is 85.1 cm³/mol. The van der Waals surface area contributed by atoms with Crippen molar-refractivity contribution in [2.45, 2.75) is 18.8 Å². The van der Waals surface area contributed by atoms with Crippen LogP contribution in [0, 0.1) is 5.92 Å². The van der Waals surface area contributed by atoms with Gasteiger partial charge in [0.1, 0.15) is 0 Å². The van der Waals surface area contributed by atoms with Gasteiger partial charge in [-0.2, -0.15) is 0 Å². The summed E-state index contributed by atoms with van der Waals surface area (Å²) in [5, 5.41) is 0. The summed E-state index contributed by atoms with van der Waals surface area (Å²) in [7, 11) is 1.93. The summed E-state index contributed by atoms with van der Waals surface area (Å²) >= 11 is 0. The molecule has 0 heterocycles. The quantitative estimate of drug-likeness (QED) is 0.817. The maximum atomic E-state index is 12.9. The summed E-state index contributed by atoms with van der Waals surface area (Å²) in [5.74, 6) is 0.710. The van der Waals surface area contributed by atoms with Crippen LogP contribution in [0.4, 0.5) is 0 Å². The van der Waals surface area contributed by atoms with E-state index in [0.29, 0.717) is 5.92 Å². The van der Waals surface area contributed by atoms with E-state index in [1.165, 1.54) is 12.8 Å². The first-order valence-electron chi connectivity index (χ1n) is 7.60. The smallest absolute Gasteiger partial charge is 0.234 e. The number of hydrogen-bond acceptors (Lipinski definition) is 1. The van der Waals surface area contributed by atoms with Crippen molar-refractivity contribution in [1.82, 2.24) is 4.90 Å². The fourth-order valence-electron chi connectivity index (χ4n) is 2.77. The monoisotopic (exact) mass is 279 g/mol. The highest BCUT2D eigenvalue weighted by Gasteiger charge is 2.29. The molecule has 2 heteroatoms. The summed E-state index contributed by atoms with van der Waals surface area (Å²) in [6.45, 7) is 0.884. The minimum absolute atomic E-state index is 0.194. The topological polar surface area (TPSA) is 20.3 Å². The van der Waals surface area contributed by atoms with Crippen LogP contribution in [-0.2, 0) is 4.79 Å². The molecule has 0 radical (unpaired) electrons. The largest absolute Gasteiger partial charge is 0.345 e. The third-order valence-electron chi connectivity index (χ3n) is 4.12. The second-order valence-electron chi connectivity index (χ2n) is 5.92. The highest BCUT2D eigenvalue weighted by molar-refractivity contribution is 5.87. The van der Waals surface area contributed by atoms with Crippen LogP contribution in [0.1, 0.15) is 29.9 Å². The van der Waals surface area contributed by atoms with Crippen LogP contribution in [0.5, 0.6) is 0 Å². The Morgan fingerprint density at radius 1 is 1.00 bits per heavy atom. The van der Waals surface area contributed by atoms with Crippen molar-refractivity contribution < 1.29 is 4.79 Å².